The Hall–Kier alpha value is -1.70. The molecule has 93 valence electrons. The van der Waals surface area contributed by atoms with Crippen LogP contribution in [0.25, 0.3) is 10.8 Å². The van der Waals surface area contributed by atoms with E-state index in [0.717, 1.165) is 17.4 Å². The summed E-state index contributed by atoms with van der Waals surface area (Å²) in [5.41, 5.74) is 1.20. The predicted octanol–water partition coefficient (Wildman–Crippen LogP) is 3.82. The van der Waals surface area contributed by atoms with Gasteiger partial charge in [-0.15, -0.1) is 0 Å². The summed E-state index contributed by atoms with van der Waals surface area (Å²) in [6.07, 6.45) is 4.92. The smallest absolute Gasteiger partial charge is 0.123 e. The molecule has 0 saturated heterocycles. The van der Waals surface area contributed by atoms with Crippen molar-refractivity contribution in [1.29, 1.82) is 0 Å². The van der Waals surface area contributed by atoms with Crippen molar-refractivity contribution in [2.24, 2.45) is 5.92 Å². The Morgan fingerprint density at radius 2 is 1.83 bits per heavy atom. The van der Waals surface area contributed by atoms with Crippen molar-refractivity contribution in [3.63, 3.8) is 0 Å². The summed E-state index contributed by atoms with van der Waals surface area (Å²) in [6, 6.07) is 10.3. The Bertz CT molecular complexity index is 565. The first-order valence-electron chi connectivity index (χ1n) is 6.31. The van der Waals surface area contributed by atoms with E-state index in [-0.39, 0.29) is 0 Å². The third-order valence-electron chi connectivity index (χ3n) is 3.47. The molecule has 2 heteroatoms. The van der Waals surface area contributed by atoms with Crippen LogP contribution in [0.3, 0.4) is 0 Å². The van der Waals surface area contributed by atoms with Crippen LogP contribution in [0.5, 0.6) is 11.5 Å². The van der Waals surface area contributed by atoms with Gasteiger partial charge in [0, 0.05) is 5.56 Å². The normalized spacial score (nSPS) is 14.8. The van der Waals surface area contributed by atoms with Gasteiger partial charge in [-0.25, -0.2) is 0 Å². The van der Waals surface area contributed by atoms with Crippen LogP contribution in [0.4, 0.5) is 0 Å². The van der Waals surface area contributed by atoms with Crippen molar-refractivity contribution >= 4 is 10.8 Å². The zero-order valence-electron chi connectivity index (χ0n) is 10.8. The molecule has 0 N–H and O–H groups in total. The molecule has 3 rings (SSSR count). The largest absolute Gasteiger partial charge is 0.497 e. The standard InChI is InChI=1S/C16H17O2/c1-17-13-7-5-12-6-8-16(18-2)15(14(12)10-13)9-11-3-4-11/h5-11H,3-4H2,1-2H3. The van der Waals surface area contributed by atoms with Crippen molar-refractivity contribution in [3.05, 3.63) is 42.3 Å². The Labute approximate surface area is 108 Å². The fourth-order valence-corrected chi connectivity index (χ4v) is 2.28. The Morgan fingerprint density at radius 3 is 2.50 bits per heavy atom. The average molecular weight is 241 g/mol. The van der Waals surface area contributed by atoms with E-state index in [9.17, 15) is 0 Å². The van der Waals surface area contributed by atoms with Gasteiger partial charge in [-0.3, -0.25) is 0 Å². The molecule has 0 atom stereocenters. The van der Waals surface area contributed by atoms with Gasteiger partial charge in [0.2, 0.25) is 0 Å². The van der Waals surface area contributed by atoms with Crippen LogP contribution >= 0.6 is 0 Å². The molecular weight excluding hydrogens is 224 g/mol. The van der Waals surface area contributed by atoms with Gasteiger partial charge in [0.05, 0.1) is 14.2 Å². The van der Waals surface area contributed by atoms with Crippen molar-refractivity contribution in [2.45, 2.75) is 12.8 Å². The Kier molecular flexibility index (Phi) is 2.86. The number of ether oxygens (including phenoxy) is 2. The zero-order chi connectivity index (χ0) is 12.5. The second-order valence-electron chi connectivity index (χ2n) is 4.77. The molecule has 1 aliphatic rings. The maximum Gasteiger partial charge on any atom is 0.123 e. The molecule has 1 fully saturated rings. The Morgan fingerprint density at radius 1 is 1.06 bits per heavy atom. The van der Waals surface area contributed by atoms with Crippen LogP contribution in [-0.4, -0.2) is 14.2 Å². The highest BCUT2D eigenvalue weighted by Gasteiger charge is 2.24. The van der Waals surface area contributed by atoms with E-state index in [1.807, 2.05) is 12.1 Å². The first kappa shape index (κ1) is 11.4. The molecular formula is C16H17O2. The molecule has 1 saturated carbocycles. The van der Waals surface area contributed by atoms with Gasteiger partial charge in [-0.1, -0.05) is 12.1 Å². The molecule has 2 aromatic rings. The fourth-order valence-electron chi connectivity index (χ4n) is 2.28. The summed E-state index contributed by atoms with van der Waals surface area (Å²) < 4.78 is 10.8. The van der Waals surface area contributed by atoms with E-state index >= 15 is 0 Å². The van der Waals surface area contributed by atoms with Crippen LogP contribution in [0.2, 0.25) is 0 Å². The molecule has 0 heterocycles. The molecule has 1 aliphatic carbocycles. The summed E-state index contributed by atoms with van der Waals surface area (Å²) >= 11 is 0. The summed E-state index contributed by atoms with van der Waals surface area (Å²) in [4.78, 5) is 0. The molecule has 0 unspecified atom stereocenters. The average Bonchev–Trinajstić information content (AvgIpc) is 3.22. The molecule has 0 amide bonds. The number of benzene rings is 2. The van der Waals surface area contributed by atoms with Crippen molar-refractivity contribution in [1.82, 2.24) is 0 Å². The van der Waals surface area contributed by atoms with E-state index in [1.54, 1.807) is 14.2 Å². The quantitative estimate of drug-likeness (QED) is 0.810. The maximum absolute atomic E-state index is 5.48. The number of fused-ring (bicyclic) bond motifs is 1. The topological polar surface area (TPSA) is 18.5 Å². The summed E-state index contributed by atoms with van der Waals surface area (Å²) in [5.74, 6) is 2.56. The molecule has 0 spiro atoms. The molecule has 0 aromatic heterocycles. The highest BCUT2D eigenvalue weighted by atomic mass is 16.5. The highest BCUT2D eigenvalue weighted by Crippen LogP contribution is 2.40. The fraction of sp³-hybridized carbons (Fsp3) is 0.312. The lowest BCUT2D eigenvalue weighted by Crippen LogP contribution is -1.94. The van der Waals surface area contributed by atoms with Crippen LogP contribution in [0.15, 0.2) is 30.3 Å². The van der Waals surface area contributed by atoms with Gasteiger partial charge >= 0.3 is 0 Å². The first-order chi connectivity index (χ1) is 8.81. The molecule has 2 aromatic carbocycles. The highest BCUT2D eigenvalue weighted by molar-refractivity contribution is 5.90. The number of hydrogen-bond donors (Lipinski definition) is 0. The van der Waals surface area contributed by atoms with Gasteiger partial charge < -0.3 is 9.47 Å². The number of methoxy groups -OCH3 is 2. The third kappa shape index (κ3) is 2.03. The Balaban J connectivity index is 2.17. The van der Waals surface area contributed by atoms with Gasteiger partial charge in [0.1, 0.15) is 11.5 Å². The predicted molar refractivity (Wildman–Crippen MR) is 73.2 cm³/mol. The minimum Gasteiger partial charge on any atom is -0.497 e. The minimum atomic E-state index is 0.718. The lowest BCUT2D eigenvalue weighted by Gasteiger charge is -2.12. The molecule has 2 nitrogen and oxygen atoms in total. The van der Waals surface area contributed by atoms with E-state index in [1.165, 1.54) is 29.2 Å². The van der Waals surface area contributed by atoms with Gasteiger partial charge in [0.25, 0.3) is 0 Å². The van der Waals surface area contributed by atoms with Crippen molar-refractivity contribution in [3.8, 4) is 11.5 Å². The third-order valence-corrected chi connectivity index (χ3v) is 3.47. The summed E-state index contributed by atoms with van der Waals surface area (Å²) in [5, 5.41) is 2.43. The van der Waals surface area contributed by atoms with E-state index in [0.29, 0.717) is 0 Å². The number of hydrogen-bond acceptors (Lipinski definition) is 2. The minimum absolute atomic E-state index is 0.718. The van der Waals surface area contributed by atoms with Crippen LogP contribution < -0.4 is 9.47 Å². The lowest BCUT2D eigenvalue weighted by atomic mass is 9.99. The van der Waals surface area contributed by atoms with Gasteiger partial charge in [-0.2, -0.15) is 0 Å². The lowest BCUT2D eigenvalue weighted by molar-refractivity contribution is 0.412. The monoisotopic (exact) mass is 241 g/mol. The molecule has 0 aliphatic heterocycles. The van der Waals surface area contributed by atoms with E-state index in [4.69, 9.17) is 9.47 Å². The van der Waals surface area contributed by atoms with Gasteiger partial charge in [-0.05, 0) is 54.2 Å². The van der Waals surface area contributed by atoms with Gasteiger partial charge in [0.15, 0.2) is 0 Å². The summed E-state index contributed by atoms with van der Waals surface area (Å²) in [7, 11) is 3.43. The zero-order valence-corrected chi connectivity index (χ0v) is 10.8. The van der Waals surface area contributed by atoms with E-state index in [2.05, 4.69) is 24.6 Å². The maximum atomic E-state index is 5.48. The molecule has 18 heavy (non-hydrogen) atoms. The van der Waals surface area contributed by atoms with Crippen LogP contribution in [-0.2, 0) is 0 Å². The van der Waals surface area contributed by atoms with Crippen LogP contribution in [0.1, 0.15) is 18.4 Å². The number of rotatable bonds is 4. The SMILES string of the molecule is COc1ccc2ccc(OC)c([CH]C3CC3)c2c1. The van der Waals surface area contributed by atoms with E-state index < -0.39 is 0 Å². The summed E-state index contributed by atoms with van der Waals surface area (Å²) in [6.45, 7) is 0. The van der Waals surface area contributed by atoms with Crippen LogP contribution in [0, 0.1) is 12.3 Å². The van der Waals surface area contributed by atoms with Crippen molar-refractivity contribution < 1.29 is 9.47 Å². The van der Waals surface area contributed by atoms with Crippen molar-refractivity contribution in [2.75, 3.05) is 14.2 Å². The first-order valence-corrected chi connectivity index (χ1v) is 6.31. The second-order valence-corrected chi connectivity index (χ2v) is 4.77. The molecule has 0 bridgehead atoms. The molecule has 1 radical (unpaired) electrons. The second kappa shape index (κ2) is 4.52.